The SMILES string of the molecule is COCC(=O)N1CCC(N2C(=O)NC3(CCN(Cc4ccccc4)CC3)C2=O)CC1. The second kappa shape index (κ2) is 8.73. The van der Waals surface area contributed by atoms with Crippen molar-refractivity contribution in [2.75, 3.05) is 39.9 Å². The third kappa shape index (κ3) is 4.06. The van der Waals surface area contributed by atoms with Crippen LogP contribution in [0.25, 0.3) is 0 Å². The van der Waals surface area contributed by atoms with E-state index in [9.17, 15) is 14.4 Å². The molecule has 3 aliphatic heterocycles. The molecular weight excluding hydrogens is 384 g/mol. The molecule has 162 valence electrons. The van der Waals surface area contributed by atoms with E-state index in [0.29, 0.717) is 38.8 Å². The Morgan fingerprint density at radius 1 is 1.10 bits per heavy atom. The molecule has 0 atom stereocenters. The van der Waals surface area contributed by atoms with E-state index in [-0.39, 0.29) is 30.5 Å². The predicted octanol–water partition coefficient (Wildman–Crippen LogP) is 1.21. The molecule has 1 aromatic rings. The number of hydrogen-bond acceptors (Lipinski definition) is 5. The number of carbonyl (C=O) groups is 3. The van der Waals surface area contributed by atoms with Gasteiger partial charge in [-0.1, -0.05) is 30.3 Å². The Morgan fingerprint density at radius 2 is 1.77 bits per heavy atom. The first kappa shape index (κ1) is 20.8. The molecule has 0 bridgehead atoms. The highest BCUT2D eigenvalue weighted by Crippen LogP contribution is 2.33. The summed E-state index contributed by atoms with van der Waals surface area (Å²) >= 11 is 0. The van der Waals surface area contributed by atoms with Crippen molar-refractivity contribution in [2.45, 2.75) is 43.8 Å². The quantitative estimate of drug-likeness (QED) is 0.733. The molecule has 3 aliphatic rings. The Bertz CT molecular complexity index is 784. The normalized spacial score (nSPS) is 22.6. The van der Waals surface area contributed by atoms with Gasteiger partial charge in [-0.05, 0) is 31.2 Å². The zero-order valence-corrected chi connectivity index (χ0v) is 17.5. The molecule has 1 aromatic carbocycles. The lowest BCUT2D eigenvalue weighted by Gasteiger charge is -2.38. The molecule has 4 rings (SSSR count). The Labute approximate surface area is 177 Å². The number of ether oxygens (including phenoxy) is 1. The Hall–Kier alpha value is -2.45. The van der Waals surface area contributed by atoms with Crippen molar-refractivity contribution in [3.05, 3.63) is 35.9 Å². The fourth-order valence-electron chi connectivity index (χ4n) is 4.83. The van der Waals surface area contributed by atoms with Gasteiger partial charge >= 0.3 is 6.03 Å². The maximum Gasteiger partial charge on any atom is 0.325 e. The molecule has 1 N–H and O–H groups in total. The minimum atomic E-state index is -0.771. The smallest absolute Gasteiger partial charge is 0.325 e. The zero-order chi connectivity index (χ0) is 21.1. The van der Waals surface area contributed by atoms with Gasteiger partial charge in [-0.3, -0.25) is 19.4 Å². The first-order valence-corrected chi connectivity index (χ1v) is 10.7. The topological polar surface area (TPSA) is 82.2 Å². The molecule has 0 saturated carbocycles. The number of nitrogens with zero attached hydrogens (tertiary/aromatic N) is 3. The molecule has 0 aromatic heterocycles. The lowest BCUT2D eigenvalue weighted by atomic mass is 9.86. The van der Waals surface area contributed by atoms with Crippen molar-refractivity contribution in [3.8, 4) is 0 Å². The van der Waals surface area contributed by atoms with Crippen LogP contribution in [0, 0.1) is 0 Å². The number of nitrogens with one attached hydrogen (secondary N) is 1. The van der Waals surface area contributed by atoms with E-state index in [0.717, 1.165) is 19.6 Å². The lowest BCUT2D eigenvalue weighted by Crippen LogP contribution is -2.55. The maximum absolute atomic E-state index is 13.3. The molecule has 4 amide bonds. The summed E-state index contributed by atoms with van der Waals surface area (Å²) in [6.07, 6.45) is 2.49. The summed E-state index contributed by atoms with van der Waals surface area (Å²) in [6, 6.07) is 9.87. The monoisotopic (exact) mass is 414 g/mol. The van der Waals surface area contributed by atoms with Crippen molar-refractivity contribution in [1.82, 2.24) is 20.0 Å². The fraction of sp³-hybridized carbons (Fsp3) is 0.591. The standard InChI is InChI=1S/C22H30N4O4/c1-30-16-19(27)25-11-7-18(8-12-25)26-20(28)22(23-21(26)29)9-13-24(14-10-22)15-17-5-3-2-4-6-17/h2-6,18H,7-16H2,1H3,(H,23,29). The highest BCUT2D eigenvalue weighted by molar-refractivity contribution is 6.07. The number of methoxy groups -OCH3 is 1. The third-order valence-electron chi connectivity index (χ3n) is 6.60. The highest BCUT2D eigenvalue weighted by Gasteiger charge is 2.54. The molecule has 3 heterocycles. The van der Waals surface area contributed by atoms with Crippen LogP contribution < -0.4 is 5.32 Å². The summed E-state index contributed by atoms with van der Waals surface area (Å²) in [6.45, 7) is 3.56. The zero-order valence-electron chi connectivity index (χ0n) is 17.5. The Kier molecular flexibility index (Phi) is 6.06. The predicted molar refractivity (Wildman–Crippen MR) is 111 cm³/mol. The van der Waals surface area contributed by atoms with Crippen LogP contribution in [0.2, 0.25) is 0 Å². The van der Waals surface area contributed by atoms with Crippen molar-refractivity contribution in [1.29, 1.82) is 0 Å². The number of imide groups is 1. The summed E-state index contributed by atoms with van der Waals surface area (Å²) in [5.41, 5.74) is 0.486. The first-order chi connectivity index (χ1) is 14.5. The van der Waals surface area contributed by atoms with Crippen molar-refractivity contribution in [2.24, 2.45) is 0 Å². The molecule has 0 unspecified atom stereocenters. The molecule has 30 heavy (non-hydrogen) atoms. The first-order valence-electron chi connectivity index (χ1n) is 10.7. The largest absolute Gasteiger partial charge is 0.375 e. The van der Waals surface area contributed by atoms with Crippen LogP contribution in [-0.2, 0) is 20.9 Å². The van der Waals surface area contributed by atoms with Gasteiger partial charge in [0, 0.05) is 45.9 Å². The van der Waals surface area contributed by atoms with E-state index in [2.05, 4.69) is 22.3 Å². The van der Waals surface area contributed by atoms with Gasteiger partial charge in [0.15, 0.2) is 0 Å². The van der Waals surface area contributed by atoms with E-state index < -0.39 is 5.54 Å². The van der Waals surface area contributed by atoms with E-state index in [1.165, 1.54) is 17.6 Å². The number of carbonyl (C=O) groups excluding carboxylic acids is 3. The van der Waals surface area contributed by atoms with Gasteiger partial charge in [0.05, 0.1) is 0 Å². The molecule has 0 aliphatic carbocycles. The van der Waals surface area contributed by atoms with Gasteiger partial charge in [0.25, 0.3) is 5.91 Å². The number of benzene rings is 1. The third-order valence-corrected chi connectivity index (χ3v) is 6.60. The van der Waals surface area contributed by atoms with Crippen molar-refractivity contribution in [3.63, 3.8) is 0 Å². The van der Waals surface area contributed by atoms with Crippen LogP contribution in [0.1, 0.15) is 31.2 Å². The van der Waals surface area contributed by atoms with E-state index in [1.54, 1.807) is 4.90 Å². The fourth-order valence-corrected chi connectivity index (χ4v) is 4.83. The van der Waals surface area contributed by atoms with Crippen LogP contribution in [0.5, 0.6) is 0 Å². The molecule has 1 spiro atoms. The summed E-state index contributed by atoms with van der Waals surface area (Å²) in [5.74, 6) is -0.135. The highest BCUT2D eigenvalue weighted by atomic mass is 16.5. The van der Waals surface area contributed by atoms with Gasteiger partial charge in [-0.15, -0.1) is 0 Å². The van der Waals surface area contributed by atoms with Crippen molar-refractivity contribution < 1.29 is 19.1 Å². The van der Waals surface area contributed by atoms with Crippen LogP contribution in [0.15, 0.2) is 30.3 Å². The van der Waals surface area contributed by atoms with Crippen molar-refractivity contribution >= 4 is 17.8 Å². The number of amides is 4. The van der Waals surface area contributed by atoms with Crippen LogP contribution in [-0.4, -0.2) is 84.0 Å². The molecule has 0 radical (unpaired) electrons. The molecule has 8 heteroatoms. The minimum Gasteiger partial charge on any atom is -0.375 e. The van der Waals surface area contributed by atoms with Crippen LogP contribution in [0.3, 0.4) is 0 Å². The molecular formula is C22H30N4O4. The number of likely N-dealkylation sites (tertiary alicyclic amines) is 2. The maximum atomic E-state index is 13.3. The Morgan fingerprint density at radius 3 is 2.40 bits per heavy atom. The second-order valence-electron chi connectivity index (χ2n) is 8.49. The van der Waals surface area contributed by atoms with E-state index in [4.69, 9.17) is 4.74 Å². The summed E-state index contributed by atoms with van der Waals surface area (Å²) < 4.78 is 4.92. The summed E-state index contributed by atoms with van der Waals surface area (Å²) in [5, 5.41) is 3.02. The Balaban J connectivity index is 1.34. The summed E-state index contributed by atoms with van der Waals surface area (Å²) in [4.78, 5) is 43.5. The number of rotatable bonds is 5. The number of hydrogen-bond donors (Lipinski definition) is 1. The van der Waals surface area contributed by atoms with Crippen LogP contribution in [0.4, 0.5) is 4.79 Å². The number of piperidine rings is 2. The van der Waals surface area contributed by atoms with Gasteiger partial charge in [0.2, 0.25) is 5.91 Å². The van der Waals surface area contributed by atoms with E-state index in [1.807, 2.05) is 18.2 Å². The van der Waals surface area contributed by atoms with Crippen LogP contribution >= 0.6 is 0 Å². The van der Waals surface area contributed by atoms with Gasteiger partial charge in [0.1, 0.15) is 12.1 Å². The molecule has 3 fully saturated rings. The van der Waals surface area contributed by atoms with E-state index >= 15 is 0 Å². The lowest BCUT2D eigenvalue weighted by molar-refractivity contribution is -0.138. The summed E-state index contributed by atoms with van der Waals surface area (Å²) in [7, 11) is 1.50. The average molecular weight is 415 g/mol. The molecule has 3 saturated heterocycles. The second-order valence-corrected chi connectivity index (χ2v) is 8.49. The average Bonchev–Trinajstić information content (AvgIpc) is 3.00. The molecule has 8 nitrogen and oxygen atoms in total. The van der Waals surface area contributed by atoms with Gasteiger partial charge < -0.3 is 15.0 Å². The number of urea groups is 1. The van der Waals surface area contributed by atoms with Gasteiger partial charge in [-0.25, -0.2) is 4.79 Å². The van der Waals surface area contributed by atoms with Gasteiger partial charge in [-0.2, -0.15) is 0 Å². The minimum absolute atomic E-state index is 0.0459.